The van der Waals surface area contributed by atoms with Gasteiger partial charge in [-0.15, -0.1) is 0 Å². The highest BCUT2D eigenvalue weighted by Crippen LogP contribution is 2.18. The van der Waals surface area contributed by atoms with Gasteiger partial charge in [-0.05, 0) is 48.0 Å². The largest absolute Gasteiger partial charge is 0.465 e. The topological polar surface area (TPSA) is 85.6 Å². The molecule has 6 nitrogen and oxygen atoms in total. The van der Waals surface area contributed by atoms with Crippen LogP contribution in [0.3, 0.4) is 0 Å². The molecule has 0 radical (unpaired) electrons. The minimum atomic E-state index is -3.67. The van der Waals surface area contributed by atoms with Crippen LogP contribution >= 0.6 is 0 Å². The van der Waals surface area contributed by atoms with Gasteiger partial charge in [-0.1, -0.05) is 6.07 Å². The Hall–Kier alpha value is -2.64. The Morgan fingerprint density at radius 3 is 2.58 bits per heavy atom. The van der Waals surface area contributed by atoms with Crippen molar-refractivity contribution in [3.63, 3.8) is 0 Å². The molecular weight excluding hydrogens is 330 g/mol. The minimum absolute atomic E-state index is 0.0829. The lowest BCUT2D eigenvalue weighted by Gasteiger charge is -2.08. The molecule has 0 fully saturated rings. The van der Waals surface area contributed by atoms with Crippen molar-refractivity contribution < 1.29 is 22.4 Å². The number of hydrogen-bond donors (Lipinski definition) is 1. The molecule has 7 heteroatoms. The van der Waals surface area contributed by atoms with Crippen LogP contribution in [0.5, 0.6) is 0 Å². The van der Waals surface area contributed by atoms with Crippen molar-refractivity contribution in [2.45, 2.75) is 11.4 Å². The number of methoxy groups -OCH3 is 1. The molecule has 0 atom stereocenters. The lowest BCUT2D eigenvalue weighted by atomic mass is 10.2. The van der Waals surface area contributed by atoms with Crippen LogP contribution in [0.2, 0.25) is 0 Å². The molecule has 0 saturated carbocycles. The summed E-state index contributed by atoms with van der Waals surface area (Å²) in [5.74, 6) is -0.514. The van der Waals surface area contributed by atoms with Crippen molar-refractivity contribution in [2.24, 2.45) is 0 Å². The van der Waals surface area contributed by atoms with E-state index in [-0.39, 0.29) is 11.4 Å². The Morgan fingerprint density at radius 2 is 1.88 bits per heavy atom. The summed E-state index contributed by atoms with van der Waals surface area (Å²) in [7, 11) is -2.40. The van der Waals surface area contributed by atoms with E-state index in [1.165, 1.54) is 31.4 Å². The van der Waals surface area contributed by atoms with Crippen LogP contribution in [-0.4, -0.2) is 21.5 Å². The van der Waals surface area contributed by atoms with Gasteiger partial charge in [-0.25, -0.2) is 17.9 Å². The summed E-state index contributed by atoms with van der Waals surface area (Å²) in [6, 6.07) is 12.8. The van der Waals surface area contributed by atoms with Crippen molar-refractivity contribution >= 4 is 27.0 Å². The van der Waals surface area contributed by atoms with Crippen molar-refractivity contribution in [2.75, 3.05) is 7.11 Å². The lowest BCUT2D eigenvalue weighted by molar-refractivity contribution is 0.0600. The molecule has 1 heterocycles. The second kappa shape index (κ2) is 6.46. The van der Waals surface area contributed by atoms with Gasteiger partial charge in [-0.3, -0.25) is 0 Å². The molecule has 0 aliphatic heterocycles. The molecule has 0 aliphatic rings. The van der Waals surface area contributed by atoms with E-state index in [0.717, 1.165) is 16.5 Å². The van der Waals surface area contributed by atoms with Crippen LogP contribution in [-0.2, 0) is 21.3 Å². The molecular formula is C17H15NO5S. The first-order valence-corrected chi connectivity index (χ1v) is 8.62. The third kappa shape index (κ3) is 3.32. The first kappa shape index (κ1) is 16.2. The third-order valence-electron chi connectivity index (χ3n) is 3.57. The summed E-state index contributed by atoms with van der Waals surface area (Å²) >= 11 is 0. The number of hydrogen-bond acceptors (Lipinski definition) is 5. The van der Waals surface area contributed by atoms with Gasteiger partial charge in [0.1, 0.15) is 5.58 Å². The van der Waals surface area contributed by atoms with Crippen LogP contribution in [0, 0.1) is 0 Å². The number of nitrogens with one attached hydrogen (secondary N) is 1. The van der Waals surface area contributed by atoms with E-state index in [0.29, 0.717) is 5.56 Å². The Bertz CT molecular complexity index is 974. The molecule has 0 bridgehead atoms. The number of esters is 1. The van der Waals surface area contributed by atoms with Crippen LogP contribution in [0.4, 0.5) is 0 Å². The molecule has 0 spiro atoms. The monoisotopic (exact) mass is 345 g/mol. The van der Waals surface area contributed by atoms with E-state index < -0.39 is 16.0 Å². The van der Waals surface area contributed by atoms with Gasteiger partial charge >= 0.3 is 5.97 Å². The second-order valence-electron chi connectivity index (χ2n) is 5.13. The standard InChI is InChI=1S/C17H15NO5S/c1-22-17(19)13-3-5-15(6-4-13)24(20,21)18-11-12-2-7-16-14(10-12)8-9-23-16/h2-10,18H,11H2,1H3. The highest BCUT2D eigenvalue weighted by Gasteiger charge is 2.15. The van der Waals surface area contributed by atoms with Gasteiger partial charge in [-0.2, -0.15) is 0 Å². The third-order valence-corrected chi connectivity index (χ3v) is 4.99. The molecule has 3 aromatic rings. The summed E-state index contributed by atoms with van der Waals surface area (Å²) in [5.41, 5.74) is 1.86. The normalized spacial score (nSPS) is 11.5. The molecule has 0 aliphatic carbocycles. The van der Waals surface area contributed by atoms with Crippen molar-refractivity contribution in [3.8, 4) is 0 Å². The van der Waals surface area contributed by atoms with Gasteiger partial charge in [0, 0.05) is 11.9 Å². The van der Waals surface area contributed by atoms with Crippen LogP contribution in [0.1, 0.15) is 15.9 Å². The van der Waals surface area contributed by atoms with E-state index in [2.05, 4.69) is 9.46 Å². The van der Waals surface area contributed by atoms with Crippen molar-refractivity contribution in [3.05, 3.63) is 65.9 Å². The summed E-state index contributed by atoms with van der Waals surface area (Å²) in [4.78, 5) is 11.5. The maximum absolute atomic E-state index is 12.3. The van der Waals surface area contributed by atoms with E-state index in [9.17, 15) is 13.2 Å². The predicted molar refractivity (Wildman–Crippen MR) is 88.0 cm³/mol. The lowest BCUT2D eigenvalue weighted by Crippen LogP contribution is -2.23. The number of fused-ring (bicyclic) bond motifs is 1. The van der Waals surface area contributed by atoms with E-state index in [1.807, 2.05) is 12.1 Å². The summed E-state index contributed by atoms with van der Waals surface area (Å²) < 4.78 is 37.0. The van der Waals surface area contributed by atoms with Gasteiger partial charge in [0.15, 0.2) is 0 Å². The predicted octanol–water partition coefficient (Wildman–Crippen LogP) is 2.70. The molecule has 1 N–H and O–H groups in total. The number of carbonyl (C=O) groups is 1. The fourth-order valence-corrected chi connectivity index (χ4v) is 3.29. The molecule has 1 aromatic heterocycles. The molecule has 2 aromatic carbocycles. The first-order valence-electron chi connectivity index (χ1n) is 7.14. The summed E-state index contributed by atoms with van der Waals surface area (Å²) in [5, 5.41) is 0.911. The zero-order valence-electron chi connectivity index (χ0n) is 12.9. The fourth-order valence-electron chi connectivity index (χ4n) is 2.28. The smallest absolute Gasteiger partial charge is 0.337 e. The summed E-state index contributed by atoms with van der Waals surface area (Å²) in [6.07, 6.45) is 1.58. The Labute approximate surface area is 139 Å². The Morgan fingerprint density at radius 1 is 1.12 bits per heavy atom. The maximum Gasteiger partial charge on any atom is 0.337 e. The zero-order chi connectivity index (χ0) is 17.2. The van der Waals surface area contributed by atoms with Crippen LogP contribution in [0.25, 0.3) is 11.0 Å². The van der Waals surface area contributed by atoms with Gasteiger partial charge in [0.05, 0.1) is 23.8 Å². The fraction of sp³-hybridized carbons (Fsp3) is 0.118. The van der Waals surface area contributed by atoms with E-state index in [4.69, 9.17) is 4.42 Å². The molecule has 24 heavy (non-hydrogen) atoms. The maximum atomic E-state index is 12.3. The molecule has 3 rings (SSSR count). The number of furan rings is 1. The quantitative estimate of drug-likeness (QED) is 0.719. The number of sulfonamides is 1. The second-order valence-corrected chi connectivity index (χ2v) is 6.90. The van der Waals surface area contributed by atoms with Gasteiger partial charge in [0.2, 0.25) is 10.0 Å². The molecule has 0 unspecified atom stereocenters. The van der Waals surface area contributed by atoms with E-state index >= 15 is 0 Å². The van der Waals surface area contributed by atoms with Crippen molar-refractivity contribution in [1.82, 2.24) is 4.72 Å². The SMILES string of the molecule is COC(=O)c1ccc(S(=O)(=O)NCc2ccc3occc3c2)cc1. The van der Waals surface area contributed by atoms with Gasteiger partial charge < -0.3 is 9.15 Å². The van der Waals surface area contributed by atoms with Gasteiger partial charge in [0.25, 0.3) is 0 Å². The van der Waals surface area contributed by atoms with Crippen LogP contribution in [0.15, 0.2) is 64.1 Å². The highest BCUT2D eigenvalue weighted by atomic mass is 32.2. The Balaban J connectivity index is 1.74. The Kier molecular flexibility index (Phi) is 4.37. The van der Waals surface area contributed by atoms with E-state index in [1.54, 1.807) is 18.4 Å². The average molecular weight is 345 g/mol. The van der Waals surface area contributed by atoms with Crippen LogP contribution < -0.4 is 4.72 Å². The first-order chi connectivity index (χ1) is 11.5. The average Bonchev–Trinajstić information content (AvgIpc) is 3.07. The minimum Gasteiger partial charge on any atom is -0.465 e. The molecule has 0 saturated heterocycles. The number of rotatable bonds is 5. The molecule has 0 amide bonds. The molecule has 124 valence electrons. The number of carbonyl (C=O) groups excluding carboxylic acids is 1. The summed E-state index contributed by atoms with van der Waals surface area (Å²) in [6.45, 7) is 0.155. The number of benzene rings is 2. The zero-order valence-corrected chi connectivity index (χ0v) is 13.7. The highest BCUT2D eigenvalue weighted by molar-refractivity contribution is 7.89. The number of ether oxygens (including phenoxy) is 1. The van der Waals surface area contributed by atoms with Crippen molar-refractivity contribution in [1.29, 1.82) is 0 Å².